The van der Waals surface area contributed by atoms with Crippen LogP contribution in [0.2, 0.25) is 5.02 Å². The molecule has 0 bridgehead atoms. The number of halogens is 2. The zero-order chi connectivity index (χ0) is 28.2. The second-order valence-electron chi connectivity index (χ2n) is 10.1. The zero-order valence-corrected chi connectivity index (χ0v) is 24.6. The molecular formula is C36H22ClFN2S2. The molecule has 2 heterocycles. The van der Waals surface area contributed by atoms with Crippen molar-refractivity contribution in [1.82, 2.24) is 0 Å². The van der Waals surface area contributed by atoms with Gasteiger partial charge in [-0.2, -0.15) is 0 Å². The molecule has 0 N–H and O–H groups in total. The highest BCUT2D eigenvalue weighted by molar-refractivity contribution is 8.00. The van der Waals surface area contributed by atoms with Crippen molar-refractivity contribution in [2.75, 3.05) is 9.80 Å². The van der Waals surface area contributed by atoms with Gasteiger partial charge < -0.3 is 9.80 Å². The van der Waals surface area contributed by atoms with Gasteiger partial charge in [0.25, 0.3) is 0 Å². The standard InChI is InChI=1S/C36H22ClFN2S2/c37-36-30(39-26-13-3-7-17-32(26)41-33-18-8-4-14-27(33)39)21-23(24-11-1-2-12-25(24)38)22-31(36)40-28-15-5-9-19-34(28)42-35-20-10-6-16-29(35)40/h1-22H. The van der Waals surface area contributed by atoms with Gasteiger partial charge in [0, 0.05) is 25.1 Å². The van der Waals surface area contributed by atoms with Gasteiger partial charge >= 0.3 is 0 Å². The maximum absolute atomic E-state index is 15.4. The Morgan fingerprint density at radius 3 is 1.21 bits per heavy atom. The van der Waals surface area contributed by atoms with E-state index in [1.54, 1.807) is 29.6 Å². The van der Waals surface area contributed by atoms with Crippen LogP contribution in [0, 0.1) is 5.82 Å². The highest BCUT2D eigenvalue weighted by Crippen LogP contribution is 2.57. The minimum Gasteiger partial charge on any atom is -0.307 e. The van der Waals surface area contributed by atoms with Gasteiger partial charge in [-0.1, -0.05) is 102 Å². The molecule has 6 aromatic carbocycles. The van der Waals surface area contributed by atoms with E-state index < -0.39 is 0 Å². The zero-order valence-electron chi connectivity index (χ0n) is 22.2. The number of fused-ring (bicyclic) bond motifs is 4. The van der Waals surface area contributed by atoms with Crippen molar-refractivity contribution in [3.8, 4) is 11.1 Å². The minimum atomic E-state index is -0.276. The molecule has 2 aliphatic heterocycles. The first-order valence-electron chi connectivity index (χ1n) is 13.6. The van der Waals surface area contributed by atoms with E-state index in [0.29, 0.717) is 10.6 Å². The summed E-state index contributed by atoms with van der Waals surface area (Å²) in [5.74, 6) is -0.276. The third-order valence-electron chi connectivity index (χ3n) is 7.57. The molecule has 2 nitrogen and oxygen atoms in total. The molecule has 0 spiro atoms. The van der Waals surface area contributed by atoms with Crippen LogP contribution in [0.25, 0.3) is 11.1 Å². The second kappa shape index (κ2) is 10.3. The highest BCUT2D eigenvalue weighted by atomic mass is 35.5. The van der Waals surface area contributed by atoms with Gasteiger partial charge in [-0.25, -0.2) is 4.39 Å². The average Bonchev–Trinajstić information content (AvgIpc) is 3.03. The van der Waals surface area contributed by atoms with Crippen LogP contribution >= 0.6 is 35.1 Å². The van der Waals surface area contributed by atoms with Crippen molar-refractivity contribution in [3.63, 3.8) is 0 Å². The number of anilines is 6. The molecule has 8 rings (SSSR count). The molecule has 0 aromatic heterocycles. The largest absolute Gasteiger partial charge is 0.307 e. The van der Waals surface area contributed by atoms with E-state index in [-0.39, 0.29) is 5.82 Å². The molecule has 42 heavy (non-hydrogen) atoms. The number of benzene rings is 6. The first-order valence-corrected chi connectivity index (χ1v) is 15.6. The number of hydrogen-bond acceptors (Lipinski definition) is 4. The maximum atomic E-state index is 15.4. The summed E-state index contributed by atoms with van der Waals surface area (Å²) in [6.45, 7) is 0. The average molecular weight is 601 g/mol. The second-order valence-corrected chi connectivity index (χ2v) is 12.6. The van der Waals surface area contributed by atoms with Crippen molar-refractivity contribution >= 4 is 69.2 Å². The molecule has 0 radical (unpaired) electrons. The summed E-state index contributed by atoms with van der Waals surface area (Å²) in [4.78, 5) is 8.97. The van der Waals surface area contributed by atoms with Crippen LogP contribution in [0.5, 0.6) is 0 Å². The fourth-order valence-electron chi connectivity index (χ4n) is 5.70. The monoisotopic (exact) mass is 600 g/mol. The fraction of sp³-hybridized carbons (Fsp3) is 0. The van der Waals surface area contributed by atoms with Crippen molar-refractivity contribution in [1.29, 1.82) is 0 Å². The molecule has 6 aromatic rings. The summed E-state index contributed by atoms with van der Waals surface area (Å²) >= 11 is 11.0. The van der Waals surface area contributed by atoms with Crippen molar-refractivity contribution in [2.45, 2.75) is 19.6 Å². The fourth-order valence-corrected chi connectivity index (χ4v) is 8.09. The summed E-state index contributed by atoms with van der Waals surface area (Å²) in [6.07, 6.45) is 0. The van der Waals surface area contributed by atoms with Crippen LogP contribution in [-0.4, -0.2) is 0 Å². The van der Waals surface area contributed by atoms with E-state index in [2.05, 4.69) is 82.6 Å². The Labute approximate surface area is 257 Å². The lowest BCUT2D eigenvalue weighted by atomic mass is 10.0. The van der Waals surface area contributed by atoms with E-state index >= 15 is 4.39 Å². The van der Waals surface area contributed by atoms with Crippen molar-refractivity contribution in [3.05, 3.63) is 144 Å². The van der Waals surface area contributed by atoms with Crippen molar-refractivity contribution in [2.24, 2.45) is 0 Å². The van der Waals surface area contributed by atoms with Gasteiger partial charge in [0.15, 0.2) is 0 Å². The third kappa shape index (κ3) is 4.11. The molecule has 0 atom stereocenters. The molecule has 2 aliphatic rings. The quantitative estimate of drug-likeness (QED) is 0.199. The van der Waals surface area contributed by atoms with Crippen LogP contribution in [0.1, 0.15) is 0 Å². The first kappa shape index (κ1) is 25.5. The van der Waals surface area contributed by atoms with Crippen LogP contribution in [0.15, 0.2) is 153 Å². The SMILES string of the molecule is Fc1ccccc1-c1cc(N2c3ccccc3Sc3ccccc32)c(Cl)c(N2c3ccccc3Sc3ccccc32)c1. The normalized spacial score (nSPS) is 13.2. The minimum absolute atomic E-state index is 0.276. The Balaban J connectivity index is 1.45. The lowest BCUT2D eigenvalue weighted by molar-refractivity contribution is 0.631. The summed E-state index contributed by atoms with van der Waals surface area (Å²) < 4.78 is 15.4. The summed E-state index contributed by atoms with van der Waals surface area (Å²) in [5.41, 5.74) is 7.01. The lowest BCUT2D eigenvalue weighted by Crippen LogP contribution is -2.18. The lowest BCUT2D eigenvalue weighted by Gasteiger charge is -2.37. The molecule has 6 heteroatoms. The summed E-state index contributed by atoms with van der Waals surface area (Å²) in [5, 5.41) is 0.586. The molecule has 0 saturated carbocycles. The number of nitrogens with zero attached hydrogens (tertiary/aromatic N) is 2. The van der Waals surface area contributed by atoms with Crippen LogP contribution in [-0.2, 0) is 0 Å². The van der Waals surface area contributed by atoms with Gasteiger partial charge in [0.2, 0.25) is 0 Å². The summed E-state index contributed by atoms with van der Waals surface area (Å²) in [6, 6.07) is 44.4. The topological polar surface area (TPSA) is 6.48 Å². The van der Waals surface area contributed by atoms with E-state index in [1.807, 2.05) is 48.5 Å². The number of para-hydroxylation sites is 4. The van der Waals surface area contributed by atoms with E-state index in [1.165, 1.54) is 6.07 Å². The number of rotatable bonds is 3. The molecule has 0 fully saturated rings. The molecule has 0 amide bonds. The Bertz CT molecular complexity index is 1800. The van der Waals surface area contributed by atoms with Crippen molar-refractivity contribution < 1.29 is 4.39 Å². The summed E-state index contributed by atoms with van der Waals surface area (Å²) in [7, 11) is 0. The van der Waals surface area contributed by atoms with E-state index in [9.17, 15) is 0 Å². The third-order valence-corrected chi connectivity index (χ3v) is 10.2. The van der Waals surface area contributed by atoms with Crippen LogP contribution in [0.3, 0.4) is 0 Å². The predicted molar refractivity (Wildman–Crippen MR) is 174 cm³/mol. The van der Waals surface area contributed by atoms with Crippen LogP contribution in [0.4, 0.5) is 38.5 Å². The number of hydrogen-bond donors (Lipinski definition) is 0. The molecular weight excluding hydrogens is 579 g/mol. The van der Waals surface area contributed by atoms with Crippen LogP contribution < -0.4 is 9.80 Å². The smallest absolute Gasteiger partial charge is 0.131 e. The van der Waals surface area contributed by atoms with Gasteiger partial charge in [0.1, 0.15) is 5.82 Å². The van der Waals surface area contributed by atoms with E-state index in [4.69, 9.17) is 11.6 Å². The highest BCUT2D eigenvalue weighted by Gasteiger charge is 2.31. The Kier molecular flexibility index (Phi) is 6.25. The molecule has 0 aliphatic carbocycles. The van der Waals surface area contributed by atoms with E-state index in [0.717, 1.165) is 59.3 Å². The molecule has 0 saturated heterocycles. The van der Waals surface area contributed by atoms with Gasteiger partial charge in [-0.05, 0) is 72.3 Å². The first-order chi connectivity index (χ1) is 20.7. The molecule has 0 unspecified atom stereocenters. The maximum Gasteiger partial charge on any atom is 0.131 e. The Morgan fingerprint density at radius 2 is 0.810 bits per heavy atom. The van der Waals surface area contributed by atoms with Gasteiger partial charge in [-0.15, -0.1) is 0 Å². The predicted octanol–water partition coefficient (Wildman–Crippen LogP) is 12.0. The van der Waals surface area contributed by atoms with Gasteiger partial charge in [-0.3, -0.25) is 0 Å². The Morgan fingerprint density at radius 1 is 0.452 bits per heavy atom. The van der Waals surface area contributed by atoms with Gasteiger partial charge in [0.05, 0.1) is 39.1 Å². The Hall–Kier alpha value is -4.16. The molecule has 202 valence electrons.